The van der Waals surface area contributed by atoms with Gasteiger partial charge in [0, 0.05) is 0 Å². The van der Waals surface area contributed by atoms with Crippen molar-refractivity contribution in [3.63, 3.8) is 0 Å². The van der Waals surface area contributed by atoms with Crippen LogP contribution in [-0.2, 0) is 17.8 Å². The number of aryl methyl sites for hydroxylation is 1. The fourth-order valence-electron chi connectivity index (χ4n) is 3.32. The Morgan fingerprint density at radius 2 is 1.76 bits per heavy atom. The van der Waals surface area contributed by atoms with E-state index < -0.39 is 0 Å². The molecule has 3 aromatic carbocycles. The third kappa shape index (κ3) is 4.43. The van der Waals surface area contributed by atoms with Gasteiger partial charge in [0.1, 0.15) is 5.58 Å². The van der Waals surface area contributed by atoms with E-state index in [-0.39, 0.29) is 17.9 Å². The first-order chi connectivity index (χ1) is 14.2. The number of nitrogens with one attached hydrogen (secondary N) is 1. The number of carbonyl (C=O) groups is 1. The van der Waals surface area contributed by atoms with Crippen molar-refractivity contribution in [3.8, 4) is 0 Å². The summed E-state index contributed by atoms with van der Waals surface area (Å²) in [6.45, 7) is 0.140. The number of hydrogen-bond donors (Lipinski definition) is 1. The Hall–Kier alpha value is -3.66. The predicted octanol–water partition coefficient (Wildman–Crippen LogP) is 4.75. The molecule has 0 radical (unpaired) electrons. The average Bonchev–Trinajstić information content (AvgIpc) is 2.76. The van der Waals surface area contributed by atoms with Gasteiger partial charge in [-0.1, -0.05) is 60.7 Å². The van der Waals surface area contributed by atoms with Crippen molar-refractivity contribution in [3.05, 3.63) is 106 Å². The molecule has 0 fully saturated rings. The van der Waals surface area contributed by atoms with E-state index in [0.29, 0.717) is 16.5 Å². The number of benzene rings is 3. The molecule has 4 rings (SSSR count). The lowest BCUT2D eigenvalue weighted by Gasteiger charge is -2.04. The quantitative estimate of drug-likeness (QED) is 0.489. The lowest BCUT2D eigenvalue weighted by atomic mass is 10.0. The molecule has 1 amide bonds. The first-order valence-electron chi connectivity index (χ1n) is 9.62. The van der Waals surface area contributed by atoms with Gasteiger partial charge in [0.05, 0.1) is 23.8 Å². The zero-order valence-electron chi connectivity index (χ0n) is 15.9. The van der Waals surface area contributed by atoms with Gasteiger partial charge in [0.2, 0.25) is 5.91 Å². The van der Waals surface area contributed by atoms with Crippen LogP contribution in [0.3, 0.4) is 0 Å². The highest BCUT2D eigenvalue weighted by atomic mass is 16.3. The molecule has 4 nitrogen and oxygen atoms in total. The molecule has 0 bridgehead atoms. The molecular formula is C25H21NO3. The summed E-state index contributed by atoms with van der Waals surface area (Å²) in [6, 6.07) is 21.8. The number of amides is 1. The number of hydrogen-bond acceptors (Lipinski definition) is 3. The summed E-state index contributed by atoms with van der Waals surface area (Å²) in [6.07, 6.45) is 6.41. The van der Waals surface area contributed by atoms with E-state index in [0.717, 1.165) is 12.8 Å². The van der Waals surface area contributed by atoms with Gasteiger partial charge < -0.3 is 9.73 Å². The average molecular weight is 383 g/mol. The van der Waals surface area contributed by atoms with Crippen molar-refractivity contribution in [1.82, 2.24) is 5.32 Å². The zero-order chi connectivity index (χ0) is 20.1. The van der Waals surface area contributed by atoms with Crippen molar-refractivity contribution in [2.24, 2.45) is 0 Å². The largest absolute Gasteiger partial charge is 0.464 e. The number of rotatable bonds is 6. The number of allylic oxidation sites excluding steroid dienone is 1. The van der Waals surface area contributed by atoms with Gasteiger partial charge in [0.25, 0.3) is 0 Å². The molecule has 0 atom stereocenters. The summed E-state index contributed by atoms with van der Waals surface area (Å²) in [7, 11) is 0. The van der Waals surface area contributed by atoms with Gasteiger partial charge in [-0.05, 0) is 47.4 Å². The minimum atomic E-state index is -0.226. The Labute approximate surface area is 168 Å². The highest BCUT2D eigenvalue weighted by molar-refractivity contribution is 5.87. The van der Waals surface area contributed by atoms with Crippen LogP contribution in [-0.4, -0.2) is 5.91 Å². The van der Waals surface area contributed by atoms with Gasteiger partial charge >= 0.3 is 0 Å². The second kappa shape index (κ2) is 8.57. The highest BCUT2D eigenvalue weighted by Crippen LogP contribution is 2.16. The third-order valence-corrected chi connectivity index (χ3v) is 4.89. The molecule has 144 valence electrons. The van der Waals surface area contributed by atoms with Crippen LogP contribution < -0.4 is 10.7 Å². The molecule has 0 saturated carbocycles. The van der Waals surface area contributed by atoms with Crippen LogP contribution in [0.15, 0.2) is 94.4 Å². The molecule has 0 aliphatic carbocycles. The standard InChI is InChI=1S/C25H21NO3/c27-24(26-16-21-17-29-23-11-5-4-10-22(23)25(21)28)12-6-1-7-18-13-14-19-8-2-3-9-20(19)15-18/h2-6,8-15,17H,1,7,16H2,(H,26,27). The summed E-state index contributed by atoms with van der Waals surface area (Å²) in [4.78, 5) is 24.5. The third-order valence-electron chi connectivity index (χ3n) is 4.89. The molecule has 0 saturated heterocycles. The second-order valence-electron chi connectivity index (χ2n) is 6.93. The molecule has 0 spiro atoms. The summed E-state index contributed by atoms with van der Waals surface area (Å²) >= 11 is 0. The minimum Gasteiger partial charge on any atom is -0.464 e. The summed E-state index contributed by atoms with van der Waals surface area (Å²) < 4.78 is 5.46. The van der Waals surface area contributed by atoms with Gasteiger partial charge in [0.15, 0.2) is 5.43 Å². The molecule has 4 aromatic rings. The van der Waals surface area contributed by atoms with Crippen molar-refractivity contribution >= 4 is 27.6 Å². The normalized spacial score (nSPS) is 11.3. The summed E-state index contributed by atoms with van der Waals surface area (Å²) in [5.41, 5.74) is 2.10. The molecule has 29 heavy (non-hydrogen) atoms. The zero-order valence-corrected chi connectivity index (χ0v) is 15.9. The van der Waals surface area contributed by atoms with Gasteiger partial charge in [-0.2, -0.15) is 0 Å². The van der Waals surface area contributed by atoms with Crippen molar-refractivity contribution in [2.45, 2.75) is 19.4 Å². The topological polar surface area (TPSA) is 59.3 Å². The Balaban J connectivity index is 1.31. The van der Waals surface area contributed by atoms with E-state index in [1.165, 1.54) is 28.7 Å². The maximum Gasteiger partial charge on any atom is 0.243 e. The second-order valence-corrected chi connectivity index (χ2v) is 6.93. The molecule has 0 aliphatic heterocycles. The molecule has 4 heteroatoms. The number of fused-ring (bicyclic) bond motifs is 2. The van der Waals surface area contributed by atoms with Crippen LogP contribution in [0.4, 0.5) is 0 Å². The SMILES string of the molecule is O=C(C=CCCc1ccc2ccccc2c1)NCc1coc2ccccc2c1=O. The van der Waals surface area contributed by atoms with Crippen LogP contribution in [0, 0.1) is 0 Å². The minimum absolute atomic E-state index is 0.118. The van der Waals surface area contributed by atoms with Gasteiger partial charge in [-0.25, -0.2) is 0 Å². The van der Waals surface area contributed by atoms with Crippen LogP contribution in [0.25, 0.3) is 21.7 Å². The van der Waals surface area contributed by atoms with Crippen molar-refractivity contribution in [2.75, 3.05) is 0 Å². The molecular weight excluding hydrogens is 362 g/mol. The molecule has 1 aromatic heterocycles. The summed E-state index contributed by atoms with van der Waals surface area (Å²) in [5.74, 6) is -0.226. The fraction of sp³-hybridized carbons (Fsp3) is 0.120. The summed E-state index contributed by atoms with van der Waals surface area (Å²) in [5, 5.41) is 5.71. The highest BCUT2D eigenvalue weighted by Gasteiger charge is 2.07. The number of para-hydroxylation sites is 1. The molecule has 0 aliphatic rings. The Kier molecular flexibility index (Phi) is 5.52. The van der Waals surface area contributed by atoms with E-state index in [4.69, 9.17) is 4.42 Å². The molecule has 0 unspecified atom stereocenters. The van der Waals surface area contributed by atoms with E-state index in [2.05, 4.69) is 35.6 Å². The predicted molar refractivity (Wildman–Crippen MR) is 116 cm³/mol. The first-order valence-corrected chi connectivity index (χ1v) is 9.62. The smallest absolute Gasteiger partial charge is 0.243 e. The Morgan fingerprint density at radius 1 is 0.966 bits per heavy atom. The van der Waals surface area contributed by atoms with Crippen LogP contribution in [0.5, 0.6) is 0 Å². The Morgan fingerprint density at radius 3 is 2.66 bits per heavy atom. The van der Waals surface area contributed by atoms with Crippen LogP contribution in [0.1, 0.15) is 17.5 Å². The Bertz CT molecular complexity index is 1250. The van der Waals surface area contributed by atoms with Crippen molar-refractivity contribution in [1.29, 1.82) is 0 Å². The lowest BCUT2D eigenvalue weighted by Crippen LogP contribution is -2.24. The van der Waals surface area contributed by atoms with E-state index >= 15 is 0 Å². The number of carbonyl (C=O) groups excluding carboxylic acids is 1. The van der Waals surface area contributed by atoms with Crippen LogP contribution >= 0.6 is 0 Å². The molecule has 1 N–H and O–H groups in total. The monoisotopic (exact) mass is 383 g/mol. The van der Waals surface area contributed by atoms with Crippen molar-refractivity contribution < 1.29 is 9.21 Å². The lowest BCUT2D eigenvalue weighted by molar-refractivity contribution is -0.116. The molecule has 1 heterocycles. The maximum absolute atomic E-state index is 12.4. The van der Waals surface area contributed by atoms with E-state index in [1.54, 1.807) is 18.2 Å². The first kappa shape index (κ1) is 18.7. The fourth-order valence-corrected chi connectivity index (χ4v) is 3.32. The van der Waals surface area contributed by atoms with Crippen LogP contribution in [0.2, 0.25) is 0 Å². The van der Waals surface area contributed by atoms with Gasteiger partial charge in [-0.3, -0.25) is 9.59 Å². The van der Waals surface area contributed by atoms with E-state index in [9.17, 15) is 9.59 Å². The maximum atomic E-state index is 12.4. The van der Waals surface area contributed by atoms with E-state index in [1.807, 2.05) is 24.3 Å². The van der Waals surface area contributed by atoms with Gasteiger partial charge in [-0.15, -0.1) is 0 Å².